The minimum absolute atomic E-state index is 0.206. The Balaban J connectivity index is 2.14. The Hall–Kier alpha value is -0.970. The van der Waals surface area contributed by atoms with E-state index in [1.807, 2.05) is 39.0 Å². The van der Waals surface area contributed by atoms with Gasteiger partial charge in [0, 0.05) is 19.3 Å². The van der Waals surface area contributed by atoms with Crippen molar-refractivity contribution in [1.82, 2.24) is 10.3 Å². The van der Waals surface area contributed by atoms with Gasteiger partial charge in [0.05, 0.1) is 24.0 Å². The van der Waals surface area contributed by atoms with Crippen LogP contribution in [0.4, 0.5) is 0 Å². The molecule has 0 aliphatic heterocycles. The monoisotopic (exact) mass is 238 g/mol. The maximum absolute atomic E-state index is 9.68. The van der Waals surface area contributed by atoms with Crippen molar-refractivity contribution in [3.8, 4) is 0 Å². The van der Waals surface area contributed by atoms with E-state index in [-0.39, 0.29) is 5.60 Å². The van der Waals surface area contributed by atoms with Crippen LogP contribution in [0.5, 0.6) is 0 Å². The standard InChI is InChI=1S/C13H22N2O2/c1-13(2,3)17-10-12(16)9-14-8-11-6-4-5-7-15-11/h4-7,12,14,16H,8-10H2,1-3H3. The molecular weight excluding hydrogens is 216 g/mol. The summed E-state index contributed by atoms with van der Waals surface area (Å²) in [7, 11) is 0. The van der Waals surface area contributed by atoms with E-state index in [0.717, 1.165) is 5.69 Å². The Morgan fingerprint density at radius 2 is 2.18 bits per heavy atom. The molecule has 1 heterocycles. The van der Waals surface area contributed by atoms with Crippen molar-refractivity contribution >= 4 is 0 Å². The summed E-state index contributed by atoms with van der Waals surface area (Å²) in [5.74, 6) is 0. The van der Waals surface area contributed by atoms with Gasteiger partial charge in [-0.25, -0.2) is 0 Å². The van der Waals surface area contributed by atoms with E-state index in [1.54, 1.807) is 6.20 Å². The molecule has 4 nitrogen and oxygen atoms in total. The molecule has 1 atom stereocenters. The predicted octanol–water partition coefficient (Wildman–Crippen LogP) is 1.35. The molecule has 2 N–H and O–H groups in total. The van der Waals surface area contributed by atoms with Gasteiger partial charge in [0.25, 0.3) is 0 Å². The summed E-state index contributed by atoms with van der Waals surface area (Å²) in [6.45, 7) is 7.43. The number of aliphatic hydroxyl groups excluding tert-OH is 1. The lowest BCUT2D eigenvalue weighted by molar-refractivity contribution is -0.0479. The van der Waals surface area contributed by atoms with Crippen LogP contribution in [0, 0.1) is 0 Å². The number of hydrogen-bond acceptors (Lipinski definition) is 4. The number of rotatable bonds is 6. The van der Waals surface area contributed by atoms with Crippen molar-refractivity contribution in [1.29, 1.82) is 0 Å². The highest BCUT2D eigenvalue weighted by molar-refractivity contribution is 5.02. The molecule has 0 aliphatic carbocycles. The van der Waals surface area contributed by atoms with E-state index in [1.165, 1.54) is 0 Å². The van der Waals surface area contributed by atoms with E-state index in [0.29, 0.717) is 19.7 Å². The van der Waals surface area contributed by atoms with Gasteiger partial charge >= 0.3 is 0 Å². The molecule has 0 fully saturated rings. The van der Waals surface area contributed by atoms with Crippen molar-refractivity contribution in [2.24, 2.45) is 0 Å². The van der Waals surface area contributed by atoms with Crippen molar-refractivity contribution in [2.75, 3.05) is 13.2 Å². The Kier molecular flexibility index (Phi) is 5.55. The average molecular weight is 238 g/mol. The van der Waals surface area contributed by atoms with Gasteiger partial charge in [-0.15, -0.1) is 0 Å². The molecule has 1 aromatic rings. The molecule has 0 aliphatic rings. The highest BCUT2D eigenvalue weighted by Gasteiger charge is 2.13. The van der Waals surface area contributed by atoms with Crippen LogP contribution in [0.3, 0.4) is 0 Å². The number of aromatic nitrogens is 1. The fraction of sp³-hybridized carbons (Fsp3) is 0.615. The van der Waals surface area contributed by atoms with Gasteiger partial charge in [0.1, 0.15) is 0 Å². The van der Waals surface area contributed by atoms with E-state index in [9.17, 15) is 5.11 Å². The molecule has 0 bridgehead atoms. The third kappa shape index (κ3) is 7.05. The van der Waals surface area contributed by atoms with E-state index < -0.39 is 6.10 Å². The Morgan fingerprint density at radius 1 is 1.41 bits per heavy atom. The van der Waals surface area contributed by atoms with Crippen molar-refractivity contribution in [3.63, 3.8) is 0 Å². The minimum Gasteiger partial charge on any atom is -0.389 e. The first-order valence-corrected chi connectivity index (χ1v) is 5.90. The number of hydrogen-bond donors (Lipinski definition) is 2. The molecule has 96 valence electrons. The van der Waals surface area contributed by atoms with Gasteiger partial charge in [-0.1, -0.05) is 6.07 Å². The second-order valence-corrected chi connectivity index (χ2v) is 5.03. The fourth-order valence-corrected chi connectivity index (χ4v) is 1.27. The SMILES string of the molecule is CC(C)(C)OCC(O)CNCc1ccccn1. The summed E-state index contributed by atoms with van der Waals surface area (Å²) in [6.07, 6.45) is 1.27. The molecule has 4 heteroatoms. The van der Waals surface area contributed by atoms with Crippen LogP contribution in [-0.4, -0.2) is 34.9 Å². The van der Waals surface area contributed by atoms with Crippen molar-refractivity contribution in [3.05, 3.63) is 30.1 Å². The number of nitrogens with zero attached hydrogens (tertiary/aromatic N) is 1. The molecule has 0 aromatic carbocycles. The molecule has 0 saturated carbocycles. The topological polar surface area (TPSA) is 54.4 Å². The largest absolute Gasteiger partial charge is 0.389 e. The maximum Gasteiger partial charge on any atom is 0.0898 e. The third-order valence-electron chi connectivity index (χ3n) is 2.12. The van der Waals surface area contributed by atoms with Crippen LogP contribution in [0.2, 0.25) is 0 Å². The maximum atomic E-state index is 9.68. The zero-order valence-electron chi connectivity index (χ0n) is 10.8. The molecule has 0 saturated heterocycles. The number of pyridine rings is 1. The molecule has 0 amide bonds. The highest BCUT2D eigenvalue weighted by Crippen LogP contribution is 2.06. The van der Waals surface area contributed by atoms with E-state index in [2.05, 4.69) is 10.3 Å². The average Bonchev–Trinajstić information content (AvgIpc) is 2.27. The van der Waals surface area contributed by atoms with Crippen LogP contribution in [0.25, 0.3) is 0 Å². The minimum atomic E-state index is -0.488. The lowest BCUT2D eigenvalue weighted by Gasteiger charge is -2.22. The van der Waals surface area contributed by atoms with Crippen LogP contribution < -0.4 is 5.32 Å². The zero-order chi connectivity index (χ0) is 12.7. The molecule has 1 unspecified atom stereocenters. The molecule has 1 rings (SSSR count). The summed E-state index contributed by atoms with van der Waals surface area (Å²) in [5.41, 5.74) is 0.763. The number of aliphatic hydroxyl groups is 1. The fourth-order valence-electron chi connectivity index (χ4n) is 1.27. The lowest BCUT2D eigenvalue weighted by Crippen LogP contribution is -2.33. The van der Waals surface area contributed by atoms with E-state index >= 15 is 0 Å². The summed E-state index contributed by atoms with van der Waals surface area (Å²) >= 11 is 0. The van der Waals surface area contributed by atoms with Gasteiger partial charge in [-0.05, 0) is 32.9 Å². The van der Waals surface area contributed by atoms with Crippen LogP contribution in [-0.2, 0) is 11.3 Å². The summed E-state index contributed by atoms with van der Waals surface area (Å²) < 4.78 is 5.49. The smallest absolute Gasteiger partial charge is 0.0898 e. The van der Waals surface area contributed by atoms with Crippen LogP contribution in [0.1, 0.15) is 26.5 Å². The van der Waals surface area contributed by atoms with E-state index in [4.69, 9.17) is 4.74 Å². The molecule has 1 aromatic heterocycles. The zero-order valence-corrected chi connectivity index (χ0v) is 10.8. The molecule has 17 heavy (non-hydrogen) atoms. The molecular formula is C13H22N2O2. The Bertz CT molecular complexity index is 309. The lowest BCUT2D eigenvalue weighted by atomic mass is 10.2. The second kappa shape index (κ2) is 6.69. The molecule has 0 radical (unpaired) electrons. The summed E-state index contributed by atoms with van der Waals surface area (Å²) in [4.78, 5) is 4.19. The predicted molar refractivity (Wildman–Crippen MR) is 67.7 cm³/mol. The van der Waals surface area contributed by atoms with Crippen molar-refractivity contribution < 1.29 is 9.84 Å². The number of nitrogens with one attached hydrogen (secondary N) is 1. The van der Waals surface area contributed by atoms with Crippen molar-refractivity contribution in [2.45, 2.75) is 39.0 Å². The summed E-state index contributed by atoms with van der Waals surface area (Å²) in [6, 6.07) is 5.78. The highest BCUT2D eigenvalue weighted by atomic mass is 16.5. The first kappa shape index (κ1) is 14.1. The normalized spacial score (nSPS) is 13.6. The first-order valence-electron chi connectivity index (χ1n) is 5.90. The summed E-state index contributed by atoms with van der Waals surface area (Å²) in [5, 5.41) is 12.8. The van der Waals surface area contributed by atoms with Gasteiger partial charge < -0.3 is 15.2 Å². The van der Waals surface area contributed by atoms with Crippen LogP contribution >= 0.6 is 0 Å². The number of ether oxygens (including phenoxy) is 1. The Morgan fingerprint density at radius 3 is 2.76 bits per heavy atom. The van der Waals surface area contributed by atoms with Crippen LogP contribution in [0.15, 0.2) is 24.4 Å². The quantitative estimate of drug-likeness (QED) is 0.785. The van der Waals surface area contributed by atoms with Gasteiger partial charge in [0.2, 0.25) is 0 Å². The van der Waals surface area contributed by atoms with Gasteiger partial charge in [-0.3, -0.25) is 4.98 Å². The molecule has 0 spiro atoms. The van der Waals surface area contributed by atoms with Gasteiger partial charge in [-0.2, -0.15) is 0 Å². The Labute approximate surface area is 103 Å². The third-order valence-corrected chi connectivity index (χ3v) is 2.12. The second-order valence-electron chi connectivity index (χ2n) is 5.03. The first-order chi connectivity index (χ1) is 7.97. The van der Waals surface area contributed by atoms with Gasteiger partial charge in [0.15, 0.2) is 0 Å².